The molecule has 12 heteroatoms. The van der Waals surface area contributed by atoms with Gasteiger partial charge in [-0.15, -0.1) is 17.8 Å². The van der Waals surface area contributed by atoms with Gasteiger partial charge in [0.05, 0.1) is 18.1 Å². The Balaban J connectivity index is 1.36. The first-order chi connectivity index (χ1) is 20.4. The zero-order chi connectivity index (χ0) is 29.4. The fourth-order valence-electron chi connectivity index (χ4n) is 4.98. The number of methoxy groups -OCH3 is 1. The molecule has 0 saturated carbocycles. The van der Waals surface area contributed by atoms with Crippen LogP contribution >= 0.6 is 11.3 Å². The van der Waals surface area contributed by atoms with Crippen LogP contribution in [0, 0.1) is 24.0 Å². The summed E-state index contributed by atoms with van der Waals surface area (Å²) >= 11 is 1.23. The highest BCUT2D eigenvalue weighted by Crippen LogP contribution is 2.36. The van der Waals surface area contributed by atoms with Crippen LogP contribution < -0.4 is 9.64 Å². The Labute approximate surface area is 242 Å². The van der Waals surface area contributed by atoms with Crippen molar-refractivity contribution >= 4 is 50.8 Å². The van der Waals surface area contributed by atoms with Crippen molar-refractivity contribution < 1.29 is 22.7 Å². The van der Waals surface area contributed by atoms with E-state index in [-0.39, 0.29) is 35.9 Å². The molecular weight excluding hydrogens is 565 g/mol. The number of hydrogen-bond acceptors (Lipinski definition) is 8. The minimum Gasteiger partial charge on any atom is -0.467 e. The third kappa shape index (κ3) is 4.77. The number of halogens is 3. The van der Waals surface area contributed by atoms with Crippen molar-refractivity contribution in [2.24, 2.45) is 0 Å². The summed E-state index contributed by atoms with van der Waals surface area (Å²) in [5, 5.41) is 3.41. The maximum Gasteiger partial charge on any atom is 0.318 e. The number of ether oxygens (including phenoxy) is 1. The van der Waals surface area contributed by atoms with Gasteiger partial charge in [-0.25, -0.2) is 18.2 Å². The number of fused-ring (bicyclic) bond motifs is 2. The van der Waals surface area contributed by atoms with E-state index in [1.165, 1.54) is 41.8 Å². The molecule has 2 aromatic carbocycles. The van der Waals surface area contributed by atoms with Crippen molar-refractivity contribution in [1.29, 1.82) is 0 Å². The number of terminal acetylenes is 1. The molecule has 0 bridgehead atoms. The van der Waals surface area contributed by atoms with Gasteiger partial charge in [0.2, 0.25) is 0 Å². The molecule has 1 fully saturated rings. The molecule has 1 aliphatic rings. The number of piperazine rings is 1. The predicted octanol–water partition coefficient (Wildman–Crippen LogP) is 5.23. The largest absolute Gasteiger partial charge is 0.467 e. The highest BCUT2D eigenvalue weighted by molar-refractivity contribution is 7.10. The molecule has 6 rings (SSSR count). The van der Waals surface area contributed by atoms with Crippen LogP contribution in [0.2, 0.25) is 0 Å². The summed E-state index contributed by atoms with van der Waals surface area (Å²) < 4.78 is 50.6. The number of thiazole rings is 1. The van der Waals surface area contributed by atoms with Gasteiger partial charge in [0.25, 0.3) is 5.91 Å². The average molecular weight is 587 g/mol. The van der Waals surface area contributed by atoms with Crippen LogP contribution in [0.4, 0.5) is 19.0 Å². The maximum absolute atomic E-state index is 16.2. The van der Waals surface area contributed by atoms with E-state index in [0.29, 0.717) is 45.6 Å². The van der Waals surface area contributed by atoms with Gasteiger partial charge in [0.15, 0.2) is 11.6 Å². The third-order valence-corrected chi connectivity index (χ3v) is 7.72. The molecule has 0 unspecified atom stereocenters. The lowest BCUT2D eigenvalue weighted by molar-refractivity contribution is -0.128. The minimum absolute atomic E-state index is 0.00991. The van der Waals surface area contributed by atoms with E-state index in [0.717, 1.165) is 6.08 Å². The Bertz CT molecular complexity index is 1910. The molecule has 0 aliphatic carbocycles. The van der Waals surface area contributed by atoms with Crippen LogP contribution in [0.25, 0.3) is 39.0 Å². The zero-order valence-corrected chi connectivity index (χ0v) is 23.0. The summed E-state index contributed by atoms with van der Waals surface area (Å²) in [6.07, 6.45) is 9.71. The smallest absolute Gasteiger partial charge is 0.318 e. The lowest BCUT2D eigenvalue weighted by Gasteiger charge is -2.35. The first kappa shape index (κ1) is 27.2. The van der Waals surface area contributed by atoms with Gasteiger partial charge in [-0.05, 0) is 11.5 Å². The topological polar surface area (TPSA) is 84.3 Å². The second-order valence-corrected chi connectivity index (χ2v) is 10.3. The van der Waals surface area contributed by atoms with Crippen LogP contribution in [0.5, 0.6) is 6.01 Å². The van der Waals surface area contributed by atoms with Crippen molar-refractivity contribution in [2.75, 3.05) is 38.2 Å². The molecule has 0 atom stereocenters. The fourth-order valence-corrected chi connectivity index (χ4v) is 5.54. The maximum atomic E-state index is 16.2. The molecule has 8 nitrogen and oxygen atoms in total. The van der Waals surface area contributed by atoms with E-state index in [1.807, 2.05) is 4.90 Å². The van der Waals surface area contributed by atoms with Gasteiger partial charge < -0.3 is 14.5 Å². The number of hydrogen-bond donors (Lipinski definition) is 0. The Morgan fingerprint density at radius 1 is 1.12 bits per heavy atom. The molecule has 1 saturated heterocycles. The van der Waals surface area contributed by atoms with Gasteiger partial charge in [-0.1, -0.05) is 30.2 Å². The summed E-state index contributed by atoms with van der Waals surface area (Å²) in [4.78, 5) is 33.0. The van der Waals surface area contributed by atoms with Gasteiger partial charge in [0.1, 0.15) is 27.9 Å². The second kappa shape index (κ2) is 11.1. The Morgan fingerprint density at radius 3 is 2.64 bits per heavy atom. The lowest BCUT2D eigenvalue weighted by Crippen LogP contribution is -2.49. The molecule has 5 aromatic rings. The second-order valence-electron chi connectivity index (χ2n) is 9.33. The summed E-state index contributed by atoms with van der Waals surface area (Å²) in [7, 11) is 1.37. The van der Waals surface area contributed by atoms with E-state index in [4.69, 9.17) is 11.2 Å². The molecular formula is C30H21F3N6O2S. The summed E-state index contributed by atoms with van der Waals surface area (Å²) in [5.74, 6) is -0.251. The third-order valence-electron chi connectivity index (χ3n) is 6.99. The molecule has 42 heavy (non-hydrogen) atoms. The Morgan fingerprint density at radius 2 is 1.93 bits per heavy atom. The number of benzene rings is 2. The molecule has 3 aromatic heterocycles. The molecule has 210 valence electrons. The highest BCUT2D eigenvalue weighted by Gasteiger charge is 2.28. The van der Waals surface area contributed by atoms with Crippen LogP contribution in [0.1, 0.15) is 10.6 Å². The Hall–Kier alpha value is -5.02. The van der Waals surface area contributed by atoms with Gasteiger partial charge in [-0.3, -0.25) is 9.78 Å². The lowest BCUT2D eigenvalue weighted by atomic mass is 9.96. The number of pyridine rings is 1. The van der Waals surface area contributed by atoms with Crippen molar-refractivity contribution in [1.82, 2.24) is 24.8 Å². The number of aromatic nitrogens is 4. The van der Waals surface area contributed by atoms with E-state index >= 15 is 4.39 Å². The van der Waals surface area contributed by atoms with Crippen LogP contribution in [-0.4, -0.2) is 64.0 Å². The van der Waals surface area contributed by atoms with Crippen molar-refractivity contribution in [3.8, 4) is 29.6 Å². The number of nitrogens with zero attached hydrogens (tertiary/aromatic N) is 6. The first-order valence-electron chi connectivity index (χ1n) is 12.8. The summed E-state index contributed by atoms with van der Waals surface area (Å²) in [5.41, 5.74) is 0.224. The highest BCUT2D eigenvalue weighted by atomic mass is 32.1. The molecule has 0 spiro atoms. The molecule has 1 amide bonds. The number of rotatable bonds is 5. The van der Waals surface area contributed by atoms with Crippen molar-refractivity contribution in [3.05, 3.63) is 76.1 Å². The van der Waals surface area contributed by atoms with E-state index in [1.54, 1.807) is 29.6 Å². The average Bonchev–Trinajstić information content (AvgIpc) is 3.53. The molecule has 0 N–H and O–H groups in total. The standard InChI is InChI=1S/C30H21F3N6O2S/c1-3-18-21(31)8-7-17-5-4-6-19(24(17)18)26-25(33)27-20(16-35-26)28(37-30(36-27)41-2)38-10-12-39(13-11-38)29(40)22(32)15-23-34-9-14-42-23/h1,4-9,14-16H,10-13H2,2H3/b22-15-. The summed E-state index contributed by atoms with van der Waals surface area (Å²) in [6.45, 7) is 0.998. The van der Waals surface area contributed by atoms with Crippen molar-refractivity contribution in [3.63, 3.8) is 0 Å². The van der Waals surface area contributed by atoms with Gasteiger partial charge in [0, 0.05) is 61.0 Å². The SMILES string of the molecule is C#Cc1c(F)ccc2cccc(-c3ncc4c(N5CCN(C(=O)/C(F)=C/c6nccs6)CC5)nc(OC)nc4c3F)c12. The van der Waals surface area contributed by atoms with Crippen LogP contribution in [0.15, 0.2) is 53.9 Å². The van der Waals surface area contributed by atoms with E-state index < -0.39 is 23.4 Å². The van der Waals surface area contributed by atoms with Crippen molar-refractivity contribution in [2.45, 2.75) is 0 Å². The van der Waals surface area contributed by atoms with E-state index in [2.05, 4.69) is 25.9 Å². The number of carbonyl (C=O) groups excluding carboxylic acids is 1. The fraction of sp³-hybridized carbons (Fsp3) is 0.167. The van der Waals surface area contributed by atoms with Gasteiger partial charge in [-0.2, -0.15) is 9.97 Å². The first-order valence-corrected chi connectivity index (χ1v) is 13.7. The van der Waals surface area contributed by atoms with Gasteiger partial charge >= 0.3 is 6.01 Å². The molecule has 1 aliphatic heterocycles. The summed E-state index contributed by atoms with van der Waals surface area (Å²) in [6, 6.07) is 7.86. The predicted molar refractivity (Wildman–Crippen MR) is 155 cm³/mol. The monoisotopic (exact) mass is 586 g/mol. The molecule has 4 heterocycles. The van der Waals surface area contributed by atoms with Crippen LogP contribution in [0.3, 0.4) is 0 Å². The molecule has 0 radical (unpaired) electrons. The normalized spacial score (nSPS) is 13.9. The number of amides is 1. The number of anilines is 1. The van der Waals surface area contributed by atoms with Crippen LogP contribution in [-0.2, 0) is 4.79 Å². The Kier molecular flexibility index (Phi) is 7.18. The minimum atomic E-state index is -0.896. The zero-order valence-electron chi connectivity index (χ0n) is 22.1. The number of carbonyl (C=O) groups is 1. The van der Waals surface area contributed by atoms with E-state index in [9.17, 15) is 13.6 Å². The quantitative estimate of drug-likeness (QED) is 0.206.